The summed E-state index contributed by atoms with van der Waals surface area (Å²) in [5.41, 5.74) is 2.41. The summed E-state index contributed by atoms with van der Waals surface area (Å²) >= 11 is 6.04. The summed E-state index contributed by atoms with van der Waals surface area (Å²) in [7, 11) is 0. The number of hydrogen-bond donors (Lipinski definition) is 1. The van der Waals surface area contributed by atoms with Crippen LogP contribution in [-0.4, -0.2) is 18.3 Å². The molecule has 0 atom stereocenters. The van der Waals surface area contributed by atoms with E-state index in [-0.39, 0.29) is 6.61 Å². The molecular formula is C12H15ClO2. The molecule has 0 saturated heterocycles. The normalized spacial score (nSPS) is 13.7. The van der Waals surface area contributed by atoms with Crippen molar-refractivity contribution in [1.29, 1.82) is 0 Å². The Morgan fingerprint density at radius 2 is 2.20 bits per heavy atom. The second-order valence-electron chi connectivity index (χ2n) is 3.83. The first-order valence-electron chi connectivity index (χ1n) is 5.36. The van der Waals surface area contributed by atoms with Gasteiger partial charge in [-0.3, -0.25) is 0 Å². The van der Waals surface area contributed by atoms with Crippen LogP contribution in [0.4, 0.5) is 0 Å². The number of fused-ring (bicyclic) bond motifs is 1. The summed E-state index contributed by atoms with van der Waals surface area (Å²) in [4.78, 5) is 0. The highest BCUT2D eigenvalue weighted by Crippen LogP contribution is 2.33. The van der Waals surface area contributed by atoms with Gasteiger partial charge in [0.15, 0.2) is 0 Å². The molecule has 0 bridgehead atoms. The lowest BCUT2D eigenvalue weighted by molar-refractivity contribution is 0.284. The van der Waals surface area contributed by atoms with Gasteiger partial charge in [-0.2, -0.15) is 0 Å². The maximum atomic E-state index is 8.73. The van der Waals surface area contributed by atoms with Gasteiger partial charge in [-0.1, -0.05) is 11.6 Å². The molecule has 0 saturated carbocycles. The largest absolute Gasteiger partial charge is 0.493 e. The first-order chi connectivity index (χ1) is 7.31. The smallest absolute Gasteiger partial charge is 0.125 e. The Morgan fingerprint density at radius 3 is 3.00 bits per heavy atom. The third-order valence-corrected chi connectivity index (χ3v) is 2.90. The summed E-state index contributed by atoms with van der Waals surface area (Å²) in [6.45, 7) is 1.02. The molecule has 3 heteroatoms. The second kappa shape index (κ2) is 4.86. The maximum absolute atomic E-state index is 8.73. The minimum Gasteiger partial charge on any atom is -0.493 e. The molecule has 0 spiro atoms. The van der Waals surface area contributed by atoms with Crippen molar-refractivity contribution >= 4 is 11.6 Å². The van der Waals surface area contributed by atoms with E-state index >= 15 is 0 Å². The molecule has 82 valence electrons. The van der Waals surface area contributed by atoms with E-state index in [0.29, 0.717) is 0 Å². The molecule has 15 heavy (non-hydrogen) atoms. The Morgan fingerprint density at radius 1 is 1.33 bits per heavy atom. The third-order valence-electron chi connectivity index (χ3n) is 2.68. The lowest BCUT2D eigenvalue weighted by atomic mass is 10.0. The van der Waals surface area contributed by atoms with E-state index in [9.17, 15) is 0 Å². The van der Waals surface area contributed by atoms with Gasteiger partial charge in [0, 0.05) is 18.1 Å². The van der Waals surface area contributed by atoms with Crippen LogP contribution in [0.2, 0.25) is 5.02 Å². The predicted molar refractivity (Wildman–Crippen MR) is 60.7 cm³/mol. The molecule has 0 radical (unpaired) electrons. The highest BCUT2D eigenvalue weighted by molar-refractivity contribution is 6.30. The average Bonchev–Trinajstić information content (AvgIpc) is 2.65. The molecule has 1 aliphatic rings. The van der Waals surface area contributed by atoms with E-state index in [1.807, 2.05) is 12.1 Å². The minimum atomic E-state index is 0.254. The van der Waals surface area contributed by atoms with Crippen molar-refractivity contribution in [3.05, 3.63) is 28.3 Å². The molecule has 0 aliphatic carbocycles. The standard InChI is InChI=1S/C12H15ClO2/c13-11-7-9(3-1-2-5-14)12-10(8-11)4-6-15-12/h7-8,14H,1-6H2. The highest BCUT2D eigenvalue weighted by atomic mass is 35.5. The van der Waals surface area contributed by atoms with Gasteiger partial charge in [0.25, 0.3) is 0 Å². The lowest BCUT2D eigenvalue weighted by Crippen LogP contribution is -1.94. The number of unbranched alkanes of at least 4 members (excludes halogenated alkanes) is 1. The van der Waals surface area contributed by atoms with Crippen LogP contribution < -0.4 is 4.74 Å². The molecule has 0 aromatic heterocycles. The van der Waals surface area contributed by atoms with Gasteiger partial charge in [0.05, 0.1) is 6.61 Å². The van der Waals surface area contributed by atoms with Gasteiger partial charge in [0.1, 0.15) is 5.75 Å². The fraction of sp³-hybridized carbons (Fsp3) is 0.500. The monoisotopic (exact) mass is 226 g/mol. The molecule has 2 rings (SSSR count). The lowest BCUT2D eigenvalue weighted by Gasteiger charge is -2.08. The van der Waals surface area contributed by atoms with Crippen LogP contribution in [0.1, 0.15) is 24.0 Å². The van der Waals surface area contributed by atoms with Crippen LogP contribution in [-0.2, 0) is 12.8 Å². The van der Waals surface area contributed by atoms with E-state index < -0.39 is 0 Å². The van der Waals surface area contributed by atoms with E-state index in [4.69, 9.17) is 21.4 Å². The van der Waals surface area contributed by atoms with Crippen molar-refractivity contribution in [1.82, 2.24) is 0 Å². The molecule has 1 aromatic rings. The van der Waals surface area contributed by atoms with Gasteiger partial charge in [-0.25, -0.2) is 0 Å². The average molecular weight is 227 g/mol. The molecule has 1 heterocycles. The molecule has 1 aliphatic heterocycles. The maximum Gasteiger partial charge on any atom is 0.125 e. The zero-order valence-electron chi connectivity index (χ0n) is 8.63. The molecule has 2 nitrogen and oxygen atoms in total. The van der Waals surface area contributed by atoms with Crippen molar-refractivity contribution in [3.63, 3.8) is 0 Å². The van der Waals surface area contributed by atoms with Crippen LogP contribution in [0.3, 0.4) is 0 Å². The fourth-order valence-electron chi connectivity index (χ4n) is 1.96. The summed E-state index contributed by atoms with van der Waals surface area (Å²) < 4.78 is 5.59. The number of ether oxygens (including phenoxy) is 1. The molecule has 0 fully saturated rings. The summed E-state index contributed by atoms with van der Waals surface area (Å²) in [5.74, 6) is 1.03. The highest BCUT2D eigenvalue weighted by Gasteiger charge is 2.16. The predicted octanol–water partition coefficient (Wildman–Crippen LogP) is 2.59. The molecule has 1 N–H and O–H groups in total. The van der Waals surface area contributed by atoms with E-state index in [2.05, 4.69) is 0 Å². The van der Waals surface area contributed by atoms with E-state index in [1.165, 1.54) is 11.1 Å². The topological polar surface area (TPSA) is 29.5 Å². The zero-order valence-corrected chi connectivity index (χ0v) is 9.39. The number of halogens is 1. The molecule has 1 aromatic carbocycles. The van der Waals surface area contributed by atoms with Crippen molar-refractivity contribution in [2.45, 2.75) is 25.7 Å². The minimum absolute atomic E-state index is 0.254. The third kappa shape index (κ3) is 2.44. The first-order valence-corrected chi connectivity index (χ1v) is 5.74. The van der Waals surface area contributed by atoms with Crippen LogP contribution in [0.15, 0.2) is 12.1 Å². The number of hydrogen-bond acceptors (Lipinski definition) is 2. The Kier molecular flexibility index (Phi) is 3.49. The van der Waals surface area contributed by atoms with Crippen LogP contribution in [0.5, 0.6) is 5.75 Å². The first kappa shape index (κ1) is 10.8. The zero-order chi connectivity index (χ0) is 10.7. The molecule has 0 unspecified atom stereocenters. The second-order valence-corrected chi connectivity index (χ2v) is 4.27. The number of aliphatic hydroxyl groups is 1. The summed E-state index contributed by atoms with van der Waals surface area (Å²) in [5, 5.41) is 9.53. The van der Waals surface area contributed by atoms with Gasteiger partial charge in [-0.05, 0) is 42.5 Å². The van der Waals surface area contributed by atoms with Gasteiger partial charge in [0.2, 0.25) is 0 Å². The molecule has 0 amide bonds. The van der Waals surface area contributed by atoms with Gasteiger partial charge >= 0.3 is 0 Å². The van der Waals surface area contributed by atoms with E-state index in [1.54, 1.807) is 0 Å². The van der Waals surface area contributed by atoms with Crippen molar-refractivity contribution in [2.75, 3.05) is 13.2 Å². The van der Waals surface area contributed by atoms with Gasteiger partial charge in [-0.15, -0.1) is 0 Å². The Balaban J connectivity index is 2.15. The van der Waals surface area contributed by atoms with Crippen molar-refractivity contribution < 1.29 is 9.84 Å². The Bertz CT molecular complexity index is 350. The van der Waals surface area contributed by atoms with Crippen LogP contribution in [0.25, 0.3) is 0 Å². The Hall–Kier alpha value is -0.730. The van der Waals surface area contributed by atoms with Crippen LogP contribution >= 0.6 is 11.6 Å². The quantitative estimate of drug-likeness (QED) is 0.800. The van der Waals surface area contributed by atoms with Crippen molar-refractivity contribution in [3.8, 4) is 5.75 Å². The van der Waals surface area contributed by atoms with E-state index in [0.717, 1.165) is 43.1 Å². The van der Waals surface area contributed by atoms with Crippen molar-refractivity contribution in [2.24, 2.45) is 0 Å². The number of rotatable bonds is 4. The van der Waals surface area contributed by atoms with Gasteiger partial charge < -0.3 is 9.84 Å². The Labute approximate surface area is 94.8 Å². The number of benzene rings is 1. The summed E-state index contributed by atoms with van der Waals surface area (Å²) in [6, 6.07) is 3.96. The number of aryl methyl sites for hydroxylation is 1. The molecular weight excluding hydrogens is 212 g/mol. The fourth-order valence-corrected chi connectivity index (χ4v) is 2.22. The SMILES string of the molecule is OCCCCc1cc(Cl)cc2c1OCC2. The number of aliphatic hydroxyl groups excluding tert-OH is 1. The summed E-state index contributed by atoms with van der Waals surface area (Å²) in [6.07, 6.45) is 3.71. The van der Waals surface area contributed by atoms with Crippen LogP contribution in [0, 0.1) is 0 Å².